The summed E-state index contributed by atoms with van der Waals surface area (Å²) in [6.45, 7) is 1.24. The summed E-state index contributed by atoms with van der Waals surface area (Å²) in [4.78, 5) is 0. The van der Waals surface area contributed by atoms with Gasteiger partial charge in [0.15, 0.2) is 6.29 Å². The van der Waals surface area contributed by atoms with Gasteiger partial charge in [0.2, 0.25) is 0 Å². The van der Waals surface area contributed by atoms with Gasteiger partial charge in [0, 0.05) is 6.42 Å². The SMILES string of the molecule is NCCC1OCC(c2ccccc2)O1. The molecule has 1 aromatic carbocycles. The first-order valence-electron chi connectivity index (χ1n) is 4.92. The number of nitrogens with two attached hydrogens (primary N) is 1. The zero-order chi connectivity index (χ0) is 9.80. The Hall–Kier alpha value is -0.900. The quantitative estimate of drug-likeness (QED) is 0.790. The Balaban J connectivity index is 1.96. The van der Waals surface area contributed by atoms with Crippen molar-refractivity contribution in [1.29, 1.82) is 0 Å². The molecule has 1 heterocycles. The maximum atomic E-state index is 5.69. The van der Waals surface area contributed by atoms with Crippen LogP contribution in [0.4, 0.5) is 0 Å². The van der Waals surface area contributed by atoms with E-state index in [9.17, 15) is 0 Å². The van der Waals surface area contributed by atoms with E-state index < -0.39 is 0 Å². The van der Waals surface area contributed by atoms with E-state index in [1.807, 2.05) is 18.2 Å². The highest BCUT2D eigenvalue weighted by Crippen LogP contribution is 2.27. The molecule has 0 bridgehead atoms. The van der Waals surface area contributed by atoms with Gasteiger partial charge in [-0.15, -0.1) is 0 Å². The molecule has 1 aliphatic rings. The van der Waals surface area contributed by atoms with E-state index in [0.29, 0.717) is 13.2 Å². The second-order valence-electron chi connectivity index (χ2n) is 3.38. The predicted octanol–water partition coefficient (Wildman–Crippen LogP) is 1.45. The van der Waals surface area contributed by atoms with Gasteiger partial charge in [0.05, 0.1) is 6.61 Å². The molecule has 3 nitrogen and oxygen atoms in total. The highest BCUT2D eigenvalue weighted by molar-refractivity contribution is 5.18. The Kier molecular flexibility index (Phi) is 3.14. The Bertz CT molecular complexity index is 276. The fraction of sp³-hybridized carbons (Fsp3) is 0.455. The van der Waals surface area contributed by atoms with E-state index in [-0.39, 0.29) is 12.4 Å². The minimum atomic E-state index is -0.120. The Morgan fingerprint density at radius 2 is 2.07 bits per heavy atom. The van der Waals surface area contributed by atoms with Crippen LogP contribution in [0, 0.1) is 0 Å². The smallest absolute Gasteiger partial charge is 0.159 e. The van der Waals surface area contributed by atoms with Crippen molar-refractivity contribution in [3.63, 3.8) is 0 Å². The van der Waals surface area contributed by atoms with E-state index in [1.54, 1.807) is 0 Å². The van der Waals surface area contributed by atoms with E-state index >= 15 is 0 Å². The molecule has 1 aromatic rings. The summed E-state index contributed by atoms with van der Waals surface area (Å²) in [7, 11) is 0. The molecule has 2 atom stereocenters. The standard InChI is InChI=1S/C11H15NO2/c12-7-6-11-13-8-10(14-11)9-4-2-1-3-5-9/h1-5,10-11H,6-8,12H2. The first kappa shape index (κ1) is 9.65. The molecule has 1 saturated heterocycles. The van der Waals surface area contributed by atoms with Crippen LogP contribution in [-0.2, 0) is 9.47 Å². The second kappa shape index (κ2) is 4.55. The van der Waals surface area contributed by atoms with E-state index in [4.69, 9.17) is 15.2 Å². The average molecular weight is 193 g/mol. The molecule has 0 saturated carbocycles. The van der Waals surface area contributed by atoms with Crippen LogP contribution < -0.4 is 5.73 Å². The molecule has 3 heteroatoms. The normalized spacial score (nSPS) is 26.6. The highest BCUT2D eigenvalue weighted by Gasteiger charge is 2.26. The van der Waals surface area contributed by atoms with Crippen molar-refractivity contribution < 1.29 is 9.47 Å². The van der Waals surface area contributed by atoms with Gasteiger partial charge in [0.1, 0.15) is 6.10 Å². The van der Waals surface area contributed by atoms with Crippen molar-refractivity contribution in [2.24, 2.45) is 5.73 Å². The lowest BCUT2D eigenvalue weighted by atomic mass is 10.1. The number of hydrogen-bond acceptors (Lipinski definition) is 3. The van der Waals surface area contributed by atoms with E-state index in [1.165, 1.54) is 5.56 Å². The third kappa shape index (κ3) is 2.12. The highest BCUT2D eigenvalue weighted by atomic mass is 16.7. The maximum absolute atomic E-state index is 5.69. The van der Waals surface area contributed by atoms with Crippen LogP contribution in [0.1, 0.15) is 18.1 Å². The van der Waals surface area contributed by atoms with Crippen LogP contribution in [0.2, 0.25) is 0 Å². The van der Waals surface area contributed by atoms with Crippen LogP contribution in [0.5, 0.6) is 0 Å². The summed E-state index contributed by atoms with van der Waals surface area (Å²) >= 11 is 0. The second-order valence-corrected chi connectivity index (χ2v) is 3.38. The molecule has 2 N–H and O–H groups in total. The fourth-order valence-electron chi connectivity index (χ4n) is 1.59. The molecule has 0 radical (unpaired) electrons. The largest absolute Gasteiger partial charge is 0.350 e. The van der Waals surface area contributed by atoms with E-state index in [0.717, 1.165) is 6.42 Å². The summed E-state index contributed by atoms with van der Waals surface area (Å²) < 4.78 is 11.1. The molecule has 14 heavy (non-hydrogen) atoms. The molecular weight excluding hydrogens is 178 g/mol. The molecule has 1 fully saturated rings. The van der Waals surface area contributed by atoms with Crippen LogP contribution in [0.15, 0.2) is 30.3 Å². The van der Waals surface area contributed by atoms with Gasteiger partial charge in [-0.05, 0) is 12.1 Å². The number of rotatable bonds is 3. The van der Waals surface area contributed by atoms with Crippen molar-refractivity contribution in [2.75, 3.05) is 13.2 Å². The number of benzene rings is 1. The average Bonchev–Trinajstić information content (AvgIpc) is 2.68. The van der Waals surface area contributed by atoms with Gasteiger partial charge in [-0.25, -0.2) is 0 Å². The Morgan fingerprint density at radius 3 is 2.79 bits per heavy atom. The molecule has 1 aliphatic heterocycles. The monoisotopic (exact) mass is 193 g/mol. The molecule has 2 unspecified atom stereocenters. The molecule has 0 amide bonds. The van der Waals surface area contributed by atoms with Gasteiger partial charge in [-0.2, -0.15) is 0 Å². The Labute approximate surface area is 83.8 Å². The first-order chi connectivity index (χ1) is 6.90. The zero-order valence-electron chi connectivity index (χ0n) is 8.06. The van der Waals surface area contributed by atoms with Gasteiger partial charge in [-0.1, -0.05) is 30.3 Å². The number of ether oxygens (including phenoxy) is 2. The zero-order valence-corrected chi connectivity index (χ0v) is 8.06. The lowest BCUT2D eigenvalue weighted by Gasteiger charge is -2.10. The molecule has 0 aromatic heterocycles. The van der Waals surface area contributed by atoms with Crippen molar-refractivity contribution in [3.05, 3.63) is 35.9 Å². The summed E-state index contributed by atoms with van der Waals surface area (Å²) in [5, 5.41) is 0. The lowest BCUT2D eigenvalue weighted by Crippen LogP contribution is -2.14. The van der Waals surface area contributed by atoms with Gasteiger partial charge < -0.3 is 15.2 Å². The van der Waals surface area contributed by atoms with Crippen molar-refractivity contribution >= 4 is 0 Å². The minimum absolute atomic E-state index is 0.0766. The van der Waals surface area contributed by atoms with Gasteiger partial charge in [0.25, 0.3) is 0 Å². The molecule has 2 rings (SSSR count). The van der Waals surface area contributed by atoms with Crippen LogP contribution in [0.25, 0.3) is 0 Å². The van der Waals surface area contributed by atoms with Crippen molar-refractivity contribution in [2.45, 2.75) is 18.8 Å². The third-order valence-corrected chi connectivity index (χ3v) is 2.32. The molecule has 0 aliphatic carbocycles. The predicted molar refractivity (Wildman–Crippen MR) is 53.7 cm³/mol. The summed E-state index contributed by atoms with van der Waals surface area (Å²) in [5.41, 5.74) is 6.61. The molecule has 0 spiro atoms. The lowest BCUT2D eigenvalue weighted by molar-refractivity contribution is -0.0606. The summed E-state index contributed by atoms with van der Waals surface area (Å²) in [6, 6.07) is 10.1. The minimum Gasteiger partial charge on any atom is -0.350 e. The van der Waals surface area contributed by atoms with Crippen LogP contribution >= 0.6 is 0 Å². The molecular formula is C11H15NO2. The van der Waals surface area contributed by atoms with Crippen molar-refractivity contribution in [3.8, 4) is 0 Å². The Morgan fingerprint density at radius 1 is 1.29 bits per heavy atom. The molecule has 76 valence electrons. The van der Waals surface area contributed by atoms with Gasteiger partial charge in [-0.3, -0.25) is 0 Å². The van der Waals surface area contributed by atoms with Crippen LogP contribution in [0.3, 0.4) is 0 Å². The number of hydrogen-bond donors (Lipinski definition) is 1. The maximum Gasteiger partial charge on any atom is 0.159 e. The third-order valence-electron chi connectivity index (χ3n) is 2.32. The topological polar surface area (TPSA) is 44.5 Å². The van der Waals surface area contributed by atoms with Crippen molar-refractivity contribution in [1.82, 2.24) is 0 Å². The van der Waals surface area contributed by atoms with E-state index in [2.05, 4.69) is 12.1 Å². The summed E-state index contributed by atoms with van der Waals surface area (Å²) in [6.07, 6.45) is 0.724. The summed E-state index contributed by atoms with van der Waals surface area (Å²) in [5.74, 6) is 0. The van der Waals surface area contributed by atoms with Gasteiger partial charge >= 0.3 is 0 Å². The fourth-order valence-corrected chi connectivity index (χ4v) is 1.59. The first-order valence-corrected chi connectivity index (χ1v) is 4.92. The van der Waals surface area contributed by atoms with Crippen LogP contribution in [-0.4, -0.2) is 19.4 Å².